The van der Waals surface area contributed by atoms with E-state index in [1.165, 1.54) is 5.56 Å². The second-order valence-corrected chi connectivity index (χ2v) is 9.45. The number of benzene rings is 2. The molecule has 1 fully saturated rings. The number of nitrogens with zero attached hydrogens (tertiary/aromatic N) is 2. The number of methoxy groups -OCH3 is 2. The molecule has 1 aliphatic carbocycles. The highest BCUT2D eigenvalue weighted by Gasteiger charge is 2.32. The van der Waals surface area contributed by atoms with Gasteiger partial charge in [0.15, 0.2) is 0 Å². The fraction of sp³-hybridized carbons (Fsp3) is 0.455. The van der Waals surface area contributed by atoms with Gasteiger partial charge in [0.05, 0.1) is 19.9 Å². The zero-order valence-electron chi connectivity index (χ0n) is 17.1. The predicted molar refractivity (Wildman–Crippen MR) is 114 cm³/mol. The van der Waals surface area contributed by atoms with E-state index in [0.29, 0.717) is 36.8 Å². The molecule has 6 nitrogen and oxygen atoms in total. The Morgan fingerprint density at radius 1 is 0.828 bits per heavy atom. The number of sulfonamides is 1. The summed E-state index contributed by atoms with van der Waals surface area (Å²) in [5.74, 6) is 1.26. The molecule has 0 amide bonds. The first kappa shape index (κ1) is 20.0. The van der Waals surface area contributed by atoms with Gasteiger partial charge >= 0.3 is 0 Å². The Bertz CT molecular complexity index is 982. The second kappa shape index (κ2) is 8.24. The van der Waals surface area contributed by atoms with Crippen molar-refractivity contribution in [1.29, 1.82) is 0 Å². The molecule has 0 bridgehead atoms. The van der Waals surface area contributed by atoms with Gasteiger partial charge in [0.1, 0.15) is 16.4 Å². The Kier molecular flexibility index (Phi) is 5.69. The number of anilines is 1. The first-order valence-corrected chi connectivity index (χ1v) is 11.6. The Hall–Kier alpha value is -2.25. The molecule has 0 spiro atoms. The van der Waals surface area contributed by atoms with Crippen molar-refractivity contribution in [2.75, 3.05) is 45.3 Å². The molecule has 1 heterocycles. The van der Waals surface area contributed by atoms with Crippen molar-refractivity contribution in [3.8, 4) is 11.5 Å². The van der Waals surface area contributed by atoms with Crippen LogP contribution in [0.5, 0.6) is 11.5 Å². The average molecular weight is 417 g/mol. The number of aryl methyl sites for hydroxylation is 2. The minimum atomic E-state index is -3.61. The third kappa shape index (κ3) is 3.81. The van der Waals surface area contributed by atoms with Gasteiger partial charge in [-0.15, -0.1) is 0 Å². The summed E-state index contributed by atoms with van der Waals surface area (Å²) < 4.78 is 39.4. The highest BCUT2D eigenvalue weighted by atomic mass is 32.2. The highest BCUT2D eigenvalue weighted by Crippen LogP contribution is 2.35. The summed E-state index contributed by atoms with van der Waals surface area (Å²) >= 11 is 0. The number of fused-ring (bicyclic) bond motifs is 1. The molecule has 2 aromatic carbocycles. The summed E-state index contributed by atoms with van der Waals surface area (Å²) in [6.45, 7) is 2.10. The van der Waals surface area contributed by atoms with E-state index in [-0.39, 0.29) is 0 Å². The molecule has 2 aromatic rings. The highest BCUT2D eigenvalue weighted by molar-refractivity contribution is 7.89. The molecular weight excluding hydrogens is 388 g/mol. The molecule has 2 aliphatic rings. The van der Waals surface area contributed by atoms with Gasteiger partial charge in [-0.25, -0.2) is 8.42 Å². The van der Waals surface area contributed by atoms with Crippen LogP contribution >= 0.6 is 0 Å². The Morgan fingerprint density at radius 3 is 2.10 bits per heavy atom. The molecule has 0 unspecified atom stereocenters. The number of hydrogen-bond donors (Lipinski definition) is 0. The van der Waals surface area contributed by atoms with Crippen LogP contribution in [0, 0.1) is 0 Å². The molecule has 0 atom stereocenters. The minimum Gasteiger partial charge on any atom is -0.495 e. The molecule has 1 saturated heterocycles. The SMILES string of the molecule is COc1ccccc1N1CCN(S(=O)(=O)c2cc3c(cc2OC)CCCC3)CC1. The van der Waals surface area contributed by atoms with E-state index >= 15 is 0 Å². The number of para-hydroxylation sites is 2. The van der Waals surface area contributed by atoms with E-state index < -0.39 is 10.0 Å². The van der Waals surface area contributed by atoms with Crippen LogP contribution in [0.3, 0.4) is 0 Å². The molecular formula is C22H28N2O4S. The van der Waals surface area contributed by atoms with Gasteiger partial charge in [-0.3, -0.25) is 0 Å². The monoisotopic (exact) mass is 416 g/mol. The molecule has 156 valence electrons. The smallest absolute Gasteiger partial charge is 0.246 e. The lowest BCUT2D eigenvalue weighted by Crippen LogP contribution is -2.48. The predicted octanol–water partition coefficient (Wildman–Crippen LogP) is 3.09. The van der Waals surface area contributed by atoms with E-state index in [0.717, 1.165) is 42.7 Å². The summed E-state index contributed by atoms with van der Waals surface area (Å²) in [6, 6.07) is 11.6. The quantitative estimate of drug-likeness (QED) is 0.750. The molecule has 0 aromatic heterocycles. The van der Waals surface area contributed by atoms with Gasteiger partial charge in [-0.05, 0) is 61.1 Å². The molecule has 29 heavy (non-hydrogen) atoms. The van der Waals surface area contributed by atoms with E-state index in [1.807, 2.05) is 36.4 Å². The van der Waals surface area contributed by atoms with Crippen molar-refractivity contribution in [3.05, 3.63) is 47.5 Å². The van der Waals surface area contributed by atoms with Gasteiger partial charge in [-0.2, -0.15) is 4.31 Å². The number of hydrogen-bond acceptors (Lipinski definition) is 5. The molecule has 0 N–H and O–H groups in total. The van der Waals surface area contributed by atoms with Gasteiger partial charge in [0.25, 0.3) is 0 Å². The molecule has 7 heteroatoms. The van der Waals surface area contributed by atoms with Crippen LogP contribution in [0.25, 0.3) is 0 Å². The van der Waals surface area contributed by atoms with Crippen LogP contribution in [0.1, 0.15) is 24.0 Å². The lowest BCUT2D eigenvalue weighted by atomic mass is 9.92. The number of piperazine rings is 1. The molecule has 0 radical (unpaired) electrons. The van der Waals surface area contributed by atoms with E-state index in [4.69, 9.17) is 9.47 Å². The van der Waals surface area contributed by atoms with Crippen LogP contribution in [0.15, 0.2) is 41.3 Å². The maximum atomic E-state index is 13.4. The maximum absolute atomic E-state index is 13.4. The van der Waals surface area contributed by atoms with E-state index in [2.05, 4.69) is 4.90 Å². The lowest BCUT2D eigenvalue weighted by molar-refractivity contribution is 0.370. The van der Waals surface area contributed by atoms with Crippen molar-refractivity contribution < 1.29 is 17.9 Å². The lowest BCUT2D eigenvalue weighted by Gasteiger charge is -2.36. The van der Waals surface area contributed by atoms with E-state index in [1.54, 1.807) is 18.5 Å². The Morgan fingerprint density at radius 2 is 1.45 bits per heavy atom. The fourth-order valence-corrected chi connectivity index (χ4v) is 5.91. The third-order valence-electron chi connectivity index (χ3n) is 5.91. The van der Waals surface area contributed by atoms with Gasteiger partial charge < -0.3 is 14.4 Å². The van der Waals surface area contributed by atoms with Crippen LogP contribution < -0.4 is 14.4 Å². The van der Waals surface area contributed by atoms with Crippen LogP contribution in [-0.2, 0) is 22.9 Å². The van der Waals surface area contributed by atoms with Gasteiger partial charge in [0.2, 0.25) is 10.0 Å². The first-order chi connectivity index (χ1) is 14.0. The van der Waals surface area contributed by atoms with Crippen molar-refractivity contribution in [2.24, 2.45) is 0 Å². The largest absolute Gasteiger partial charge is 0.495 e. The molecule has 1 aliphatic heterocycles. The van der Waals surface area contributed by atoms with Crippen LogP contribution in [0.2, 0.25) is 0 Å². The maximum Gasteiger partial charge on any atom is 0.246 e. The van der Waals surface area contributed by atoms with Crippen molar-refractivity contribution >= 4 is 15.7 Å². The minimum absolute atomic E-state index is 0.298. The zero-order valence-corrected chi connectivity index (χ0v) is 17.9. The normalized spacial score (nSPS) is 17.7. The summed E-state index contributed by atoms with van der Waals surface area (Å²) in [5, 5.41) is 0. The van der Waals surface area contributed by atoms with Crippen molar-refractivity contribution in [3.63, 3.8) is 0 Å². The summed E-state index contributed by atoms with van der Waals surface area (Å²) in [4.78, 5) is 2.47. The number of rotatable bonds is 5. The van der Waals surface area contributed by atoms with Crippen molar-refractivity contribution in [2.45, 2.75) is 30.6 Å². The van der Waals surface area contributed by atoms with E-state index in [9.17, 15) is 8.42 Å². The Labute approximate surface area is 173 Å². The van der Waals surface area contributed by atoms with Crippen molar-refractivity contribution in [1.82, 2.24) is 4.31 Å². The standard InChI is InChI=1S/C22H28N2O4S/c1-27-20-10-6-5-9-19(20)23-11-13-24(14-12-23)29(25,26)22-16-18-8-4-3-7-17(18)15-21(22)28-2/h5-6,9-10,15-16H,3-4,7-8,11-14H2,1-2H3. The first-order valence-electron chi connectivity index (χ1n) is 10.1. The Balaban J connectivity index is 1.57. The fourth-order valence-electron chi connectivity index (χ4n) is 4.30. The van der Waals surface area contributed by atoms with Crippen LogP contribution in [0.4, 0.5) is 5.69 Å². The summed E-state index contributed by atoms with van der Waals surface area (Å²) in [7, 11) is -0.410. The molecule has 4 rings (SSSR count). The third-order valence-corrected chi connectivity index (χ3v) is 7.83. The number of ether oxygens (including phenoxy) is 2. The zero-order chi connectivity index (χ0) is 20.4. The summed E-state index contributed by atoms with van der Waals surface area (Å²) in [5.41, 5.74) is 3.36. The van der Waals surface area contributed by atoms with Gasteiger partial charge in [-0.1, -0.05) is 12.1 Å². The van der Waals surface area contributed by atoms with Crippen LogP contribution in [-0.4, -0.2) is 53.1 Å². The average Bonchev–Trinajstić information content (AvgIpc) is 2.78. The van der Waals surface area contributed by atoms with Gasteiger partial charge in [0, 0.05) is 26.2 Å². The molecule has 0 saturated carbocycles. The topological polar surface area (TPSA) is 59.1 Å². The summed E-state index contributed by atoms with van der Waals surface area (Å²) in [6.07, 6.45) is 4.18. The second-order valence-electron chi connectivity index (χ2n) is 7.54.